The van der Waals surface area contributed by atoms with Gasteiger partial charge in [-0.05, 0) is 36.1 Å². The Morgan fingerprint density at radius 1 is 1.23 bits per heavy atom. The average molecular weight is 356 g/mol. The van der Waals surface area contributed by atoms with E-state index in [2.05, 4.69) is 22.9 Å². The fourth-order valence-corrected chi connectivity index (χ4v) is 4.14. The summed E-state index contributed by atoms with van der Waals surface area (Å²) < 4.78 is 0. The number of fused-ring (bicyclic) bond motifs is 1. The van der Waals surface area contributed by atoms with Crippen LogP contribution in [0, 0.1) is 5.92 Å². The second-order valence-electron chi connectivity index (χ2n) is 7.47. The van der Waals surface area contributed by atoms with Crippen molar-refractivity contribution in [3.05, 3.63) is 34.9 Å². The van der Waals surface area contributed by atoms with Crippen LogP contribution < -0.4 is 16.0 Å². The number of imide groups is 1. The highest BCUT2D eigenvalue weighted by Gasteiger charge is 2.39. The van der Waals surface area contributed by atoms with Crippen LogP contribution >= 0.6 is 0 Å². The molecule has 138 valence electrons. The van der Waals surface area contributed by atoms with Crippen LogP contribution in [0.1, 0.15) is 41.3 Å². The van der Waals surface area contributed by atoms with Gasteiger partial charge in [-0.2, -0.15) is 0 Å². The minimum absolute atomic E-state index is 0.118. The van der Waals surface area contributed by atoms with Gasteiger partial charge in [-0.25, -0.2) is 0 Å². The third kappa shape index (κ3) is 3.01. The minimum Gasteiger partial charge on any atom is -0.322 e. The molecule has 7 nitrogen and oxygen atoms in total. The van der Waals surface area contributed by atoms with Crippen molar-refractivity contribution < 1.29 is 14.4 Å². The molecule has 2 fully saturated rings. The number of hydrogen-bond donors (Lipinski definition) is 3. The predicted octanol–water partition coefficient (Wildman–Crippen LogP) is 0.145. The Morgan fingerprint density at radius 2 is 2.08 bits per heavy atom. The van der Waals surface area contributed by atoms with Gasteiger partial charge in [0, 0.05) is 37.7 Å². The number of amides is 3. The van der Waals surface area contributed by atoms with E-state index in [9.17, 15) is 14.4 Å². The molecule has 0 aromatic heterocycles. The summed E-state index contributed by atoms with van der Waals surface area (Å²) in [6.45, 7) is 5.33. The molecule has 26 heavy (non-hydrogen) atoms. The largest absolute Gasteiger partial charge is 0.322 e. The molecule has 4 rings (SSSR count). The van der Waals surface area contributed by atoms with Gasteiger partial charge in [0.05, 0.1) is 0 Å². The number of nitrogens with zero attached hydrogens (tertiary/aromatic N) is 1. The van der Waals surface area contributed by atoms with E-state index in [1.807, 2.05) is 18.2 Å². The van der Waals surface area contributed by atoms with Crippen LogP contribution in [-0.2, 0) is 22.7 Å². The van der Waals surface area contributed by atoms with Gasteiger partial charge in [0.1, 0.15) is 6.04 Å². The van der Waals surface area contributed by atoms with E-state index in [-0.39, 0.29) is 24.1 Å². The van der Waals surface area contributed by atoms with Gasteiger partial charge >= 0.3 is 0 Å². The second kappa shape index (κ2) is 6.81. The van der Waals surface area contributed by atoms with E-state index in [1.165, 1.54) is 0 Å². The molecular weight excluding hydrogens is 332 g/mol. The van der Waals surface area contributed by atoms with E-state index in [4.69, 9.17) is 0 Å². The quantitative estimate of drug-likeness (QED) is 0.668. The predicted molar refractivity (Wildman–Crippen MR) is 95.1 cm³/mol. The molecular formula is C19H24N4O3. The van der Waals surface area contributed by atoms with Crippen LogP contribution in [0.3, 0.4) is 0 Å². The summed E-state index contributed by atoms with van der Waals surface area (Å²) in [5.41, 5.74) is 2.77. The van der Waals surface area contributed by atoms with Gasteiger partial charge in [0.25, 0.3) is 5.91 Å². The fraction of sp³-hybridized carbons (Fsp3) is 0.526. The molecule has 3 atom stereocenters. The molecule has 3 N–H and O–H groups in total. The lowest BCUT2D eigenvalue weighted by molar-refractivity contribution is -0.136. The number of carbonyl (C=O) groups is 3. The topological polar surface area (TPSA) is 90.5 Å². The molecule has 3 aliphatic rings. The molecule has 1 aromatic rings. The SMILES string of the molecule is C[C@@H]1CNC[C@@H]1NCc1cccc2c1CN(C1CCC(=O)NC1=O)C2=O. The van der Waals surface area contributed by atoms with Crippen molar-refractivity contribution >= 4 is 17.7 Å². The number of hydrogen-bond acceptors (Lipinski definition) is 5. The van der Waals surface area contributed by atoms with Crippen molar-refractivity contribution in [1.29, 1.82) is 0 Å². The van der Waals surface area contributed by atoms with Crippen molar-refractivity contribution in [1.82, 2.24) is 20.9 Å². The molecule has 0 radical (unpaired) electrons. The maximum atomic E-state index is 12.8. The van der Waals surface area contributed by atoms with Crippen molar-refractivity contribution in [3.63, 3.8) is 0 Å². The van der Waals surface area contributed by atoms with Crippen molar-refractivity contribution in [2.75, 3.05) is 13.1 Å². The molecule has 0 aliphatic carbocycles. The number of benzene rings is 1. The van der Waals surface area contributed by atoms with Gasteiger partial charge < -0.3 is 15.5 Å². The highest BCUT2D eigenvalue weighted by atomic mass is 16.2. The zero-order valence-electron chi connectivity index (χ0n) is 14.9. The summed E-state index contributed by atoms with van der Waals surface area (Å²) in [6.07, 6.45) is 0.667. The highest BCUT2D eigenvalue weighted by molar-refractivity contribution is 6.05. The van der Waals surface area contributed by atoms with Crippen molar-refractivity contribution in [2.45, 2.75) is 44.9 Å². The lowest BCUT2D eigenvalue weighted by atomic mass is 10.0. The molecule has 1 unspecified atom stereocenters. The van der Waals surface area contributed by atoms with E-state index in [0.29, 0.717) is 37.0 Å². The average Bonchev–Trinajstić information content (AvgIpc) is 3.17. The standard InChI is InChI=1S/C19H24N4O3/c1-11-7-20-9-15(11)21-8-12-3-2-4-13-14(12)10-23(19(13)26)16-5-6-17(24)22-18(16)25/h2-4,11,15-16,20-21H,5-10H2,1H3,(H,22,24,25)/t11-,15+,16?/m1/s1. The Morgan fingerprint density at radius 3 is 2.81 bits per heavy atom. The summed E-state index contributed by atoms with van der Waals surface area (Å²) in [7, 11) is 0. The molecule has 0 spiro atoms. The maximum Gasteiger partial charge on any atom is 0.255 e. The van der Waals surface area contributed by atoms with Crippen LogP contribution in [-0.4, -0.2) is 47.8 Å². The van der Waals surface area contributed by atoms with Crippen molar-refractivity contribution in [2.24, 2.45) is 5.92 Å². The van der Waals surface area contributed by atoms with Gasteiger partial charge in [-0.15, -0.1) is 0 Å². The smallest absolute Gasteiger partial charge is 0.255 e. The third-order valence-electron chi connectivity index (χ3n) is 5.75. The first-order valence-corrected chi connectivity index (χ1v) is 9.24. The zero-order valence-corrected chi connectivity index (χ0v) is 14.9. The molecule has 3 heterocycles. The molecule has 7 heteroatoms. The van der Waals surface area contributed by atoms with E-state index < -0.39 is 6.04 Å². The fourth-order valence-electron chi connectivity index (χ4n) is 4.14. The Bertz CT molecular complexity index is 763. The van der Waals surface area contributed by atoms with Crippen LogP contribution in [0.25, 0.3) is 0 Å². The van der Waals surface area contributed by atoms with Crippen LogP contribution in [0.2, 0.25) is 0 Å². The summed E-state index contributed by atoms with van der Waals surface area (Å²) in [4.78, 5) is 38.0. The molecule has 1 aromatic carbocycles. The lowest BCUT2D eigenvalue weighted by Crippen LogP contribution is -2.52. The summed E-state index contributed by atoms with van der Waals surface area (Å²) in [5, 5.41) is 9.31. The summed E-state index contributed by atoms with van der Waals surface area (Å²) >= 11 is 0. The van der Waals surface area contributed by atoms with Gasteiger partial charge in [-0.3, -0.25) is 19.7 Å². The highest BCUT2D eigenvalue weighted by Crippen LogP contribution is 2.30. The van der Waals surface area contributed by atoms with Gasteiger partial charge in [-0.1, -0.05) is 19.1 Å². The van der Waals surface area contributed by atoms with Crippen LogP contribution in [0.15, 0.2) is 18.2 Å². The number of nitrogens with one attached hydrogen (secondary N) is 3. The number of carbonyl (C=O) groups excluding carboxylic acids is 3. The van der Waals surface area contributed by atoms with E-state index >= 15 is 0 Å². The Labute approximate surface area is 152 Å². The first-order valence-electron chi connectivity index (χ1n) is 9.24. The van der Waals surface area contributed by atoms with Gasteiger partial charge in [0.2, 0.25) is 11.8 Å². The maximum absolute atomic E-state index is 12.8. The lowest BCUT2D eigenvalue weighted by Gasteiger charge is -2.29. The molecule has 0 bridgehead atoms. The molecule has 0 saturated carbocycles. The monoisotopic (exact) mass is 356 g/mol. The third-order valence-corrected chi connectivity index (χ3v) is 5.75. The normalized spacial score (nSPS) is 28.4. The number of rotatable bonds is 4. The Hall–Kier alpha value is -2.25. The second-order valence-corrected chi connectivity index (χ2v) is 7.47. The minimum atomic E-state index is -0.563. The van der Waals surface area contributed by atoms with Crippen molar-refractivity contribution in [3.8, 4) is 0 Å². The van der Waals surface area contributed by atoms with Crippen LogP contribution in [0.4, 0.5) is 0 Å². The van der Waals surface area contributed by atoms with E-state index in [0.717, 1.165) is 24.2 Å². The number of piperidine rings is 1. The van der Waals surface area contributed by atoms with Gasteiger partial charge in [0.15, 0.2) is 0 Å². The Balaban J connectivity index is 1.50. The molecule has 3 amide bonds. The molecule has 2 saturated heterocycles. The Kier molecular flexibility index (Phi) is 4.50. The summed E-state index contributed by atoms with van der Waals surface area (Å²) in [5.74, 6) is -0.173. The zero-order chi connectivity index (χ0) is 18.3. The first kappa shape index (κ1) is 17.2. The molecule has 3 aliphatic heterocycles. The van der Waals surface area contributed by atoms with Crippen LogP contribution in [0.5, 0.6) is 0 Å². The first-order chi connectivity index (χ1) is 12.5. The van der Waals surface area contributed by atoms with E-state index in [1.54, 1.807) is 4.90 Å². The summed E-state index contributed by atoms with van der Waals surface area (Å²) in [6, 6.07) is 5.63.